The molecule has 2 atom stereocenters. The summed E-state index contributed by atoms with van der Waals surface area (Å²) in [5.41, 5.74) is 2.86. The number of amides is 1. The van der Waals surface area contributed by atoms with Gasteiger partial charge in [-0.25, -0.2) is 15.0 Å². The van der Waals surface area contributed by atoms with Gasteiger partial charge in [0.25, 0.3) is 0 Å². The van der Waals surface area contributed by atoms with Crippen LogP contribution in [0.25, 0.3) is 17.2 Å². The van der Waals surface area contributed by atoms with Crippen LogP contribution in [0, 0.1) is 0 Å². The quantitative estimate of drug-likeness (QED) is 0.299. The molecule has 0 aliphatic heterocycles. The molecule has 3 aromatic rings. The maximum atomic E-state index is 12.1. The first kappa shape index (κ1) is 21.6. The van der Waals surface area contributed by atoms with Crippen LogP contribution < -0.4 is 10.6 Å². The number of anilines is 2. The van der Waals surface area contributed by atoms with Crippen molar-refractivity contribution in [2.75, 3.05) is 11.9 Å². The van der Waals surface area contributed by atoms with Crippen molar-refractivity contribution in [3.8, 4) is 0 Å². The molecule has 2 unspecified atom stereocenters. The van der Waals surface area contributed by atoms with Crippen LogP contribution in [0.15, 0.2) is 43.0 Å². The predicted octanol–water partition coefficient (Wildman–Crippen LogP) is 3.18. The Balaban J connectivity index is 1.62. The van der Waals surface area contributed by atoms with Crippen molar-refractivity contribution in [2.45, 2.75) is 26.1 Å². The Morgan fingerprint density at radius 2 is 2.03 bits per heavy atom. The van der Waals surface area contributed by atoms with Gasteiger partial charge in [0.2, 0.25) is 5.91 Å². The molecule has 1 aromatic carbocycles. The Labute approximate surface area is 173 Å². The zero-order chi connectivity index (χ0) is 21.6. The smallest absolute Gasteiger partial charge is 0.340 e. The molecule has 1 amide bonds. The first-order valence-corrected chi connectivity index (χ1v) is 11.0. The summed E-state index contributed by atoms with van der Waals surface area (Å²) in [6, 6.07) is 7.33. The van der Waals surface area contributed by atoms with Crippen LogP contribution in [0.3, 0.4) is 0 Å². The van der Waals surface area contributed by atoms with E-state index >= 15 is 0 Å². The second-order valence-corrected chi connectivity index (χ2v) is 8.33. The van der Waals surface area contributed by atoms with Gasteiger partial charge in [0.05, 0.1) is 12.9 Å². The average molecular weight is 430 g/mol. The van der Waals surface area contributed by atoms with Crippen molar-refractivity contribution in [3.63, 3.8) is 0 Å². The first-order valence-electron chi connectivity index (χ1n) is 9.39. The minimum absolute atomic E-state index is 0.0945. The number of carbonyl (C=O) groups excluding carboxylic acids is 1. The predicted molar refractivity (Wildman–Crippen MR) is 114 cm³/mol. The minimum atomic E-state index is -3.90. The number of imidazole rings is 1. The molecule has 0 fully saturated rings. The minimum Gasteiger partial charge on any atom is -0.340 e. The van der Waals surface area contributed by atoms with Crippen LogP contribution in [-0.4, -0.2) is 43.1 Å². The van der Waals surface area contributed by atoms with Crippen molar-refractivity contribution in [2.24, 2.45) is 0 Å². The monoisotopic (exact) mass is 430 g/mol. The highest BCUT2D eigenvalue weighted by atomic mass is 31.2. The molecule has 2 heterocycles. The van der Waals surface area contributed by atoms with Crippen LogP contribution in [0.2, 0.25) is 0 Å². The summed E-state index contributed by atoms with van der Waals surface area (Å²) in [4.78, 5) is 37.4. The lowest BCUT2D eigenvalue weighted by atomic mass is 10.2. The van der Waals surface area contributed by atoms with Gasteiger partial charge in [-0.2, -0.15) is 0 Å². The third-order valence-electron chi connectivity index (χ3n) is 4.23. The molecular formula is C19H23N6O4P. The van der Waals surface area contributed by atoms with Crippen LogP contribution in [0.4, 0.5) is 11.5 Å². The normalized spacial score (nSPS) is 14.5. The van der Waals surface area contributed by atoms with Crippen molar-refractivity contribution in [3.05, 3.63) is 48.6 Å². The number of carbonyl (C=O) groups is 1. The van der Waals surface area contributed by atoms with E-state index < -0.39 is 19.3 Å². The second-order valence-electron chi connectivity index (χ2n) is 6.32. The number of H-pyrrole nitrogens is 1. The van der Waals surface area contributed by atoms with E-state index in [-0.39, 0.29) is 13.0 Å². The molecule has 0 saturated carbocycles. The van der Waals surface area contributed by atoms with Gasteiger partial charge >= 0.3 is 7.60 Å². The lowest BCUT2D eigenvalue weighted by molar-refractivity contribution is -0.116. The molecule has 4 N–H and O–H groups in total. The Morgan fingerprint density at radius 1 is 1.27 bits per heavy atom. The molecule has 0 saturated heterocycles. The lowest BCUT2D eigenvalue weighted by Crippen LogP contribution is -2.33. The van der Waals surface area contributed by atoms with E-state index in [1.165, 1.54) is 12.4 Å². The molecule has 11 heteroatoms. The highest BCUT2D eigenvalue weighted by Crippen LogP contribution is 2.47. The van der Waals surface area contributed by atoms with Crippen LogP contribution in [0.5, 0.6) is 0 Å². The van der Waals surface area contributed by atoms with Gasteiger partial charge in [-0.05, 0) is 37.1 Å². The largest absolute Gasteiger partial charge is 0.350 e. The zero-order valence-corrected chi connectivity index (χ0v) is 17.5. The fraction of sp³-hybridized carbons (Fsp3) is 0.263. The van der Waals surface area contributed by atoms with E-state index in [2.05, 4.69) is 30.6 Å². The molecule has 10 nitrogen and oxygen atoms in total. The van der Waals surface area contributed by atoms with Gasteiger partial charge in [-0.15, -0.1) is 0 Å². The van der Waals surface area contributed by atoms with Gasteiger partial charge in [0.15, 0.2) is 11.5 Å². The molecule has 0 aliphatic rings. The molecule has 0 spiro atoms. The number of aromatic nitrogens is 4. The first-order chi connectivity index (χ1) is 14.4. The summed E-state index contributed by atoms with van der Waals surface area (Å²) in [5, 5.41) is 5.71. The second kappa shape index (κ2) is 9.62. The van der Waals surface area contributed by atoms with Crippen molar-refractivity contribution < 1.29 is 18.8 Å². The Bertz CT molecular complexity index is 1080. The molecule has 2 aromatic heterocycles. The summed E-state index contributed by atoms with van der Waals surface area (Å²) < 4.78 is 17.0. The van der Waals surface area contributed by atoms with Crippen molar-refractivity contribution in [1.82, 2.24) is 25.3 Å². The summed E-state index contributed by atoms with van der Waals surface area (Å²) in [5.74, 6) is -0.817. The van der Waals surface area contributed by atoms with E-state index in [1.807, 2.05) is 24.3 Å². The third kappa shape index (κ3) is 5.29. The molecule has 30 heavy (non-hydrogen) atoms. The Morgan fingerprint density at radius 3 is 2.73 bits per heavy atom. The number of hydrogen-bond acceptors (Lipinski definition) is 7. The SMILES string of the molecule is CCOP(=O)(O)C(CC)NC(=O)/C=C/c1ccc(Nc2ncnc3nc[nH]c23)cc1. The van der Waals surface area contributed by atoms with Gasteiger partial charge in [0.1, 0.15) is 17.6 Å². The van der Waals surface area contributed by atoms with Crippen molar-refractivity contribution in [1.29, 1.82) is 0 Å². The Hall–Kier alpha value is -3.07. The van der Waals surface area contributed by atoms with Crippen LogP contribution in [-0.2, 0) is 13.9 Å². The number of fused-ring (bicyclic) bond motifs is 1. The summed E-state index contributed by atoms with van der Waals surface area (Å²) >= 11 is 0. The maximum Gasteiger partial charge on any atom is 0.350 e. The number of nitrogens with one attached hydrogen (secondary N) is 3. The number of hydrogen-bond donors (Lipinski definition) is 4. The number of nitrogens with zero attached hydrogens (tertiary/aromatic N) is 3. The fourth-order valence-corrected chi connectivity index (χ4v) is 4.05. The number of benzene rings is 1. The van der Waals surface area contributed by atoms with Crippen molar-refractivity contribution >= 4 is 42.2 Å². The van der Waals surface area contributed by atoms with E-state index in [4.69, 9.17) is 4.52 Å². The van der Waals surface area contributed by atoms with Gasteiger partial charge < -0.3 is 25.0 Å². The maximum absolute atomic E-state index is 12.1. The summed E-state index contributed by atoms with van der Waals surface area (Å²) in [6.07, 6.45) is 6.20. The van der Waals surface area contributed by atoms with Gasteiger partial charge in [-0.1, -0.05) is 19.1 Å². The molecular weight excluding hydrogens is 407 g/mol. The molecule has 0 bridgehead atoms. The molecule has 3 rings (SSSR count). The van der Waals surface area contributed by atoms with Gasteiger partial charge in [-0.3, -0.25) is 9.36 Å². The van der Waals surface area contributed by atoms with E-state index in [0.717, 1.165) is 11.3 Å². The molecule has 158 valence electrons. The zero-order valence-electron chi connectivity index (χ0n) is 16.6. The average Bonchev–Trinajstić information content (AvgIpc) is 3.21. The standard InChI is InChI=1S/C19H23N6O4P/c1-3-16(30(27,28)29-4-2)25-15(26)10-7-13-5-8-14(9-6-13)24-19-17-18(21-11-20-17)22-12-23-19/h5-12,16H,3-4H2,1-2H3,(H,25,26)(H,27,28)(H2,20,21,22,23,24)/b10-7+. The highest BCUT2D eigenvalue weighted by molar-refractivity contribution is 7.53. The summed E-state index contributed by atoms with van der Waals surface area (Å²) in [7, 11) is -3.90. The van der Waals surface area contributed by atoms with Gasteiger partial charge in [0, 0.05) is 11.8 Å². The van der Waals surface area contributed by atoms with Crippen LogP contribution in [0.1, 0.15) is 25.8 Å². The Kier molecular flexibility index (Phi) is 6.94. The molecule has 0 aliphatic carbocycles. The number of rotatable bonds is 9. The van der Waals surface area contributed by atoms with E-state index in [0.29, 0.717) is 17.0 Å². The molecule has 0 radical (unpaired) electrons. The third-order valence-corrected chi connectivity index (χ3v) is 6.14. The summed E-state index contributed by atoms with van der Waals surface area (Å²) in [6.45, 7) is 3.42. The highest BCUT2D eigenvalue weighted by Gasteiger charge is 2.31. The van der Waals surface area contributed by atoms with E-state index in [1.54, 1.807) is 26.3 Å². The topological polar surface area (TPSA) is 142 Å². The van der Waals surface area contributed by atoms with Crippen LogP contribution >= 0.6 is 7.60 Å². The fourth-order valence-electron chi connectivity index (χ4n) is 2.75. The lowest BCUT2D eigenvalue weighted by Gasteiger charge is -2.21. The number of aromatic amines is 1. The van der Waals surface area contributed by atoms with E-state index in [9.17, 15) is 14.3 Å².